The van der Waals surface area contributed by atoms with Gasteiger partial charge in [0.2, 0.25) is 12.0 Å². The van der Waals surface area contributed by atoms with Crippen molar-refractivity contribution in [2.45, 2.75) is 61.6 Å². The summed E-state index contributed by atoms with van der Waals surface area (Å²) in [4.78, 5) is 12.7. The summed E-state index contributed by atoms with van der Waals surface area (Å²) in [6, 6.07) is 7.75. The molecule has 2 aromatic carbocycles. The third kappa shape index (κ3) is 5.48. The molecular weight excluding hydrogens is 568 g/mol. The number of phenolic OH excluding ortho intramolecular Hbond substituents is 3. The van der Waals surface area contributed by atoms with Gasteiger partial charge >= 0.3 is 0 Å². The third-order valence-corrected chi connectivity index (χ3v) is 6.96. The van der Waals surface area contributed by atoms with Gasteiger partial charge in [-0.15, -0.1) is 0 Å². The number of aliphatic hydroxyl groups is 7. The molecule has 16 nitrogen and oxygen atoms in total. The van der Waals surface area contributed by atoms with E-state index >= 15 is 0 Å². The van der Waals surface area contributed by atoms with E-state index in [1.54, 1.807) is 0 Å². The van der Waals surface area contributed by atoms with Crippen LogP contribution < -0.4 is 10.2 Å². The van der Waals surface area contributed by atoms with Crippen LogP contribution >= 0.6 is 0 Å². The van der Waals surface area contributed by atoms with E-state index in [9.17, 15) is 55.9 Å². The van der Waals surface area contributed by atoms with Crippen LogP contribution in [-0.4, -0.2) is 119 Å². The van der Waals surface area contributed by atoms with Crippen molar-refractivity contribution in [3.05, 3.63) is 46.6 Å². The largest absolute Gasteiger partial charge is 0.508 e. The summed E-state index contributed by atoms with van der Waals surface area (Å²) in [7, 11) is 0. The van der Waals surface area contributed by atoms with E-state index < -0.39 is 96.3 Å². The van der Waals surface area contributed by atoms with Crippen LogP contribution in [0.1, 0.15) is 0 Å². The molecule has 5 rings (SSSR count). The zero-order valence-corrected chi connectivity index (χ0v) is 21.4. The van der Waals surface area contributed by atoms with E-state index in [0.717, 1.165) is 12.1 Å². The molecule has 0 amide bonds. The maximum atomic E-state index is 12.7. The molecule has 10 N–H and O–H groups in total. The van der Waals surface area contributed by atoms with Gasteiger partial charge in [0.1, 0.15) is 65.2 Å². The van der Waals surface area contributed by atoms with Crippen molar-refractivity contribution in [3.8, 4) is 34.3 Å². The predicted molar refractivity (Wildman–Crippen MR) is 135 cm³/mol. The molecule has 2 saturated heterocycles. The molecule has 10 atom stereocenters. The van der Waals surface area contributed by atoms with Crippen LogP contribution in [0, 0.1) is 0 Å². The second kappa shape index (κ2) is 11.6. The minimum atomic E-state index is -1.92. The van der Waals surface area contributed by atoms with Crippen molar-refractivity contribution >= 4 is 11.0 Å². The second-order valence-corrected chi connectivity index (χ2v) is 9.80. The van der Waals surface area contributed by atoms with Gasteiger partial charge in [0.05, 0.1) is 6.61 Å². The fraction of sp³-hybridized carbons (Fsp3) is 0.423. The minimum absolute atomic E-state index is 0.0291. The van der Waals surface area contributed by atoms with Crippen LogP contribution in [0.4, 0.5) is 0 Å². The van der Waals surface area contributed by atoms with Gasteiger partial charge in [-0.05, 0) is 24.3 Å². The topological polar surface area (TPSA) is 269 Å². The van der Waals surface area contributed by atoms with Gasteiger partial charge < -0.3 is 74.4 Å². The third-order valence-electron chi connectivity index (χ3n) is 6.96. The molecule has 228 valence electrons. The summed E-state index contributed by atoms with van der Waals surface area (Å²) in [6.07, 6.45) is -18.0. The Kier molecular flexibility index (Phi) is 8.28. The SMILES string of the molecule is O=c1cc(-c2ccc(O)cc2)oc2cc(O[C@@H]3O[C@H](CO[C@@H]4O[C@@H](O)[C@H](O)[C@@H](O)[C@H]4O)[C@@H](O)[C@H](O)[C@H]3O)c(O)c(O)c12. The summed E-state index contributed by atoms with van der Waals surface area (Å²) in [5, 5.41) is 101. The van der Waals surface area contributed by atoms with Crippen LogP contribution in [0.25, 0.3) is 22.3 Å². The summed E-state index contributed by atoms with van der Waals surface area (Å²) < 4.78 is 26.9. The molecule has 0 unspecified atom stereocenters. The molecule has 1 aromatic heterocycles. The lowest BCUT2D eigenvalue weighted by Gasteiger charge is -2.42. The molecule has 16 heteroatoms. The van der Waals surface area contributed by atoms with Gasteiger partial charge in [0, 0.05) is 17.7 Å². The van der Waals surface area contributed by atoms with Gasteiger partial charge in [0.25, 0.3) is 0 Å². The monoisotopic (exact) mass is 596 g/mol. The highest BCUT2D eigenvalue weighted by Gasteiger charge is 2.48. The van der Waals surface area contributed by atoms with E-state index in [1.165, 1.54) is 24.3 Å². The van der Waals surface area contributed by atoms with Crippen LogP contribution in [-0.2, 0) is 14.2 Å². The number of hydrogen-bond donors (Lipinski definition) is 10. The number of hydrogen-bond acceptors (Lipinski definition) is 16. The summed E-state index contributed by atoms with van der Waals surface area (Å²) in [5.41, 5.74) is -0.572. The summed E-state index contributed by atoms with van der Waals surface area (Å²) in [5.74, 6) is -2.38. The Morgan fingerprint density at radius 3 is 2.05 bits per heavy atom. The number of aliphatic hydroxyl groups excluding tert-OH is 7. The zero-order chi connectivity index (χ0) is 30.5. The number of aromatic hydroxyl groups is 3. The lowest BCUT2D eigenvalue weighted by Crippen LogP contribution is -2.61. The average Bonchev–Trinajstić information content (AvgIpc) is 2.96. The van der Waals surface area contributed by atoms with E-state index in [1.807, 2.05) is 0 Å². The van der Waals surface area contributed by atoms with Gasteiger partial charge in [-0.3, -0.25) is 4.79 Å². The number of benzene rings is 2. The first-order valence-electron chi connectivity index (χ1n) is 12.5. The van der Waals surface area contributed by atoms with E-state index in [-0.39, 0.29) is 17.1 Å². The van der Waals surface area contributed by atoms with Crippen molar-refractivity contribution in [2.75, 3.05) is 6.61 Å². The van der Waals surface area contributed by atoms with Crippen LogP contribution in [0.15, 0.2) is 45.6 Å². The van der Waals surface area contributed by atoms with Crippen molar-refractivity contribution < 1.29 is 74.4 Å². The highest BCUT2D eigenvalue weighted by atomic mass is 16.8. The second-order valence-electron chi connectivity index (χ2n) is 9.80. The molecule has 2 fully saturated rings. The Bertz CT molecular complexity index is 1470. The molecule has 42 heavy (non-hydrogen) atoms. The van der Waals surface area contributed by atoms with Gasteiger partial charge in [-0.25, -0.2) is 0 Å². The average molecular weight is 596 g/mol. The molecule has 3 heterocycles. The van der Waals surface area contributed by atoms with Crippen LogP contribution in [0.2, 0.25) is 0 Å². The normalized spacial score (nSPS) is 33.5. The highest BCUT2D eigenvalue weighted by Crippen LogP contribution is 2.42. The molecule has 0 spiro atoms. The summed E-state index contributed by atoms with van der Waals surface area (Å²) in [6.45, 7) is -0.665. The van der Waals surface area contributed by atoms with Crippen LogP contribution in [0.5, 0.6) is 23.0 Å². The Labute approximate surface area is 235 Å². The summed E-state index contributed by atoms with van der Waals surface area (Å²) >= 11 is 0. The fourth-order valence-electron chi connectivity index (χ4n) is 4.56. The first-order valence-corrected chi connectivity index (χ1v) is 12.5. The Balaban J connectivity index is 1.38. The van der Waals surface area contributed by atoms with E-state index in [4.69, 9.17) is 23.4 Å². The lowest BCUT2D eigenvalue weighted by atomic mass is 9.99. The van der Waals surface area contributed by atoms with Gasteiger partial charge in [0.15, 0.2) is 29.5 Å². The molecule has 2 aliphatic rings. The van der Waals surface area contributed by atoms with Crippen molar-refractivity contribution in [1.29, 1.82) is 0 Å². The first-order chi connectivity index (χ1) is 19.9. The molecule has 3 aromatic rings. The molecule has 0 radical (unpaired) electrons. The first kappa shape index (κ1) is 29.9. The number of ether oxygens (including phenoxy) is 4. The molecular formula is C26H28O16. The standard InChI is InChI=1S/C26H28O16/c27-9-3-1-8(2-4-9)11-5-10(28)15-12(39-11)6-13(16(29)18(15)31)40-26-23(36)19(32)17(30)14(41-26)7-38-25-22(35)20(33)21(34)24(37)42-25/h1-6,14,17,19-27,29-37H,7H2/t14-,17-,19+,20-,21-,22-,23-,24-,25-,26-/m1/s1. The van der Waals surface area contributed by atoms with Crippen molar-refractivity contribution in [1.82, 2.24) is 0 Å². The molecule has 0 bridgehead atoms. The Morgan fingerprint density at radius 1 is 0.714 bits per heavy atom. The highest BCUT2D eigenvalue weighted by molar-refractivity contribution is 5.89. The lowest BCUT2D eigenvalue weighted by molar-refractivity contribution is -0.350. The fourth-order valence-corrected chi connectivity index (χ4v) is 4.56. The van der Waals surface area contributed by atoms with Crippen molar-refractivity contribution in [3.63, 3.8) is 0 Å². The predicted octanol–water partition coefficient (Wildman–Crippen LogP) is -2.46. The number of fused-ring (bicyclic) bond motifs is 1. The van der Waals surface area contributed by atoms with E-state index in [2.05, 4.69) is 0 Å². The smallest absolute Gasteiger partial charge is 0.229 e. The van der Waals surface area contributed by atoms with Gasteiger partial charge in [-0.2, -0.15) is 0 Å². The minimum Gasteiger partial charge on any atom is -0.508 e. The van der Waals surface area contributed by atoms with Crippen LogP contribution in [0.3, 0.4) is 0 Å². The van der Waals surface area contributed by atoms with Gasteiger partial charge in [-0.1, -0.05) is 0 Å². The number of rotatable bonds is 6. The Hall–Kier alpha value is -3.55. The molecule has 0 aliphatic carbocycles. The zero-order valence-electron chi connectivity index (χ0n) is 21.4. The molecule has 0 saturated carbocycles. The van der Waals surface area contributed by atoms with Crippen molar-refractivity contribution in [2.24, 2.45) is 0 Å². The number of phenols is 3. The maximum absolute atomic E-state index is 12.7. The quantitative estimate of drug-likeness (QED) is 0.132. The maximum Gasteiger partial charge on any atom is 0.229 e. The molecule has 2 aliphatic heterocycles. The van der Waals surface area contributed by atoms with E-state index in [0.29, 0.717) is 5.56 Å². The Morgan fingerprint density at radius 2 is 1.36 bits per heavy atom.